The van der Waals surface area contributed by atoms with Crippen molar-refractivity contribution in [2.24, 2.45) is 5.73 Å². The second kappa shape index (κ2) is 18.2. The minimum Gasteiger partial charge on any atom is -0.466 e. The third kappa shape index (κ3) is 16.6. The zero-order valence-electron chi connectivity index (χ0n) is 15.5. The van der Waals surface area contributed by atoms with E-state index in [1.54, 1.807) is 0 Å². The van der Waals surface area contributed by atoms with Gasteiger partial charge >= 0.3 is 5.97 Å². The molecule has 0 aromatic carbocycles. The molecule has 0 aliphatic carbocycles. The van der Waals surface area contributed by atoms with E-state index in [1.807, 2.05) is 0 Å². The smallest absolute Gasteiger partial charge is 0.305 e. The van der Waals surface area contributed by atoms with Crippen molar-refractivity contribution < 1.29 is 23.8 Å². The summed E-state index contributed by atoms with van der Waals surface area (Å²) in [4.78, 5) is 22.9. The molecule has 7 heteroatoms. The van der Waals surface area contributed by atoms with Crippen LogP contribution in [0.4, 0.5) is 0 Å². The predicted molar refractivity (Wildman–Crippen MR) is 102 cm³/mol. The normalized spacial score (nSPS) is 12.1. The van der Waals surface area contributed by atoms with Gasteiger partial charge in [-0.25, -0.2) is 0 Å². The summed E-state index contributed by atoms with van der Waals surface area (Å²) in [6.07, 6.45) is 7.80. The summed E-state index contributed by atoms with van der Waals surface area (Å²) < 4.78 is 15.7. The quantitative estimate of drug-likeness (QED) is 0.217. The number of thiol groups is 1. The summed E-state index contributed by atoms with van der Waals surface area (Å²) in [6, 6.07) is -0.566. The Balaban J connectivity index is 3.25. The van der Waals surface area contributed by atoms with Crippen LogP contribution in [0.3, 0.4) is 0 Å². The highest BCUT2D eigenvalue weighted by molar-refractivity contribution is 7.80. The van der Waals surface area contributed by atoms with Crippen molar-refractivity contribution in [3.63, 3.8) is 0 Å². The van der Waals surface area contributed by atoms with Crippen molar-refractivity contribution in [1.29, 1.82) is 0 Å². The number of rotatable bonds is 18. The molecular weight excluding hydrogens is 342 g/mol. The standard InChI is InChI=1S/C18H35NO5S/c1-2-3-4-5-6-9-18(21)24-11-8-7-10-22-12-13-23-14-17(20)16(19)15-25/h16,25H,2-15,19H2,1H3. The zero-order valence-corrected chi connectivity index (χ0v) is 16.4. The second-order valence-electron chi connectivity index (χ2n) is 6.01. The van der Waals surface area contributed by atoms with Gasteiger partial charge in [-0.15, -0.1) is 0 Å². The predicted octanol–water partition coefficient (Wildman–Crippen LogP) is 2.53. The molecule has 1 atom stereocenters. The number of hydrogen-bond donors (Lipinski definition) is 2. The molecule has 0 spiro atoms. The van der Waals surface area contributed by atoms with Crippen LogP contribution in [0.5, 0.6) is 0 Å². The fraction of sp³-hybridized carbons (Fsp3) is 0.889. The number of unbranched alkanes of at least 4 members (excludes halogenated alkanes) is 5. The fourth-order valence-electron chi connectivity index (χ4n) is 2.04. The number of nitrogens with two attached hydrogens (primary N) is 1. The van der Waals surface area contributed by atoms with E-state index < -0.39 is 6.04 Å². The SMILES string of the molecule is CCCCCCCC(=O)OCCCCOCCOCC(=O)C(N)CS. The number of esters is 1. The van der Waals surface area contributed by atoms with E-state index in [9.17, 15) is 9.59 Å². The maximum atomic E-state index is 11.5. The number of carbonyl (C=O) groups is 2. The van der Waals surface area contributed by atoms with Crippen molar-refractivity contribution in [1.82, 2.24) is 0 Å². The van der Waals surface area contributed by atoms with Crippen LogP contribution in [0.2, 0.25) is 0 Å². The molecule has 0 aromatic heterocycles. The van der Waals surface area contributed by atoms with Crippen LogP contribution in [0.15, 0.2) is 0 Å². The van der Waals surface area contributed by atoms with Crippen LogP contribution in [0.25, 0.3) is 0 Å². The van der Waals surface area contributed by atoms with Gasteiger partial charge in [0.25, 0.3) is 0 Å². The second-order valence-corrected chi connectivity index (χ2v) is 6.38. The Morgan fingerprint density at radius 1 is 0.920 bits per heavy atom. The van der Waals surface area contributed by atoms with E-state index in [4.69, 9.17) is 19.9 Å². The Morgan fingerprint density at radius 3 is 2.32 bits per heavy atom. The van der Waals surface area contributed by atoms with Gasteiger partial charge in [-0.1, -0.05) is 32.6 Å². The van der Waals surface area contributed by atoms with E-state index >= 15 is 0 Å². The molecule has 6 nitrogen and oxygen atoms in total. The Hall–Kier alpha value is -0.630. The molecule has 25 heavy (non-hydrogen) atoms. The molecule has 1 unspecified atom stereocenters. The summed E-state index contributed by atoms with van der Waals surface area (Å²) in [5.41, 5.74) is 5.52. The van der Waals surface area contributed by atoms with Gasteiger partial charge in [-0.2, -0.15) is 12.6 Å². The first-order chi connectivity index (χ1) is 12.1. The maximum absolute atomic E-state index is 11.5. The van der Waals surface area contributed by atoms with Gasteiger partial charge in [-0.05, 0) is 19.3 Å². The first-order valence-corrected chi connectivity index (χ1v) is 9.95. The van der Waals surface area contributed by atoms with Gasteiger partial charge in [0.1, 0.15) is 6.61 Å². The first-order valence-electron chi connectivity index (χ1n) is 9.32. The molecule has 0 aliphatic rings. The van der Waals surface area contributed by atoms with Crippen molar-refractivity contribution in [3.8, 4) is 0 Å². The molecule has 0 rings (SSSR count). The Morgan fingerprint density at radius 2 is 1.60 bits per heavy atom. The van der Waals surface area contributed by atoms with Gasteiger partial charge in [0.15, 0.2) is 5.78 Å². The molecule has 0 heterocycles. The third-order valence-corrected chi connectivity index (χ3v) is 4.05. The average molecular weight is 378 g/mol. The van der Waals surface area contributed by atoms with Gasteiger partial charge < -0.3 is 19.9 Å². The zero-order chi connectivity index (χ0) is 18.8. The molecule has 0 bridgehead atoms. The highest BCUT2D eigenvalue weighted by atomic mass is 32.1. The molecule has 0 radical (unpaired) electrons. The molecule has 2 N–H and O–H groups in total. The monoisotopic (exact) mass is 377 g/mol. The molecule has 0 aromatic rings. The highest BCUT2D eigenvalue weighted by Crippen LogP contribution is 2.06. The fourth-order valence-corrected chi connectivity index (χ4v) is 2.24. The van der Waals surface area contributed by atoms with Gasteiger partial charge in [0, 0.05) is 18.8 Å². The van der Waals surface area contributed by atoms with E-state index in [1.165, 1.54) is 19.3 Å². The largest absolute Gasteiger partial charge is 0.466 e. The van der Waals surface area contributed by atoms with Crippen molar-refractivity contribution in [2.45, 2.75) is 64.3 Å². The molecule has 0 saturated heterocycles. The Labute approximate surface area is 157 Å². The van der Waals surface area contributed by atoms with Crippen LogP contribution < -0.4 is 5.73 Å². The average Bonchev–Trinajstić information content (AvgIpc) is 2.62. The number of hydrogen-bond acceptors (Lipinski definition) is 7. The lowest BCUT2D eigenvalue weighted by Gasteiger charge is -2.08. The molecule has 148 valence electrons. The van der Waals surface area contributed by atoms with Gasteiger partial charge in [0.2, 0.25) is 0 Å². The summed E-state index contributed by atoms with van der Waals surface area (Å²) in [6.45, 7) is 4.00. The van der Waals surface area contributed by atoms with Crippen LogP contribution in [-0.4, -0.2) is 56.6 Å². The lowest BCUT2D eigenvalue weighted by molar-refractivity contribution is -0.144. The van der Waals surface area contributed by atoms with E-state index in [0.717, 1.165) is 25.7 Å². The van der Waals surface area contributed by atoms with Crippen molar-refractivity contribution in [2.75, 3.05) is 38.8 Å². The van der Waals surface area contributed by atoms with Gasteiger partial charge in [-0.3, -0.25) is 9.59 Å². The Kier molecular flexibility index (Phi) is 17.7. The van der Waals surface area contributed by atoms with Crippen molar-refractivity contribution >= 4 is 24.4 Å². The van der Waals surface area contributed by atoms with Crippen LogP contribution in [0.1, 0.15) is 58.3 Å². The summed E-state index contributed by atoms with van der Waals surface area (Å²) >= 11 is 3.96. The molecule has 0 aliphatic heterocycles. The number of carbonyl (C=O) groups excluding carboxylic acids is 2. The third-order valence-electron chi connectivity index (χ3n) is 3.66. The van der Waals surface area contributed by atoms with E-state index in [0.29, 0.717) is 38.6 Å². The minimum atomic E-state index is -0.566. The van der Waals surface area contributed by atoms with Crippen LogP contribution >= 0.6 is 12.6 Å². The lowest BCUT2D eigenvalue weighted by atomic mass is 10.1. The number of ether oxygens (including phenoxy) is 3. The highest BCUT2D eigenvalue weighted by Gasteiger charge is 2.10. The summed E-state index contributed by atoms with van der Waals surface area (Å²) in [7, 11) is 0. The molecule has 0 amide bonds. The summed E-state index contributed by atoms with van der Waals surface area (Å²) in [5, 5.41) is 0. The number of ketones is 1. The minimum absolute atomic E-state index is 0.000513. The maximum Gasteiger partial charge on any atom is 0.305 e. The molecule has 0 saturated carbocycles. The van der Waals surface area contributed by atoms with E-state index in [2.05, 4.69) is 19.6 Å². The van der Waals surface area contributed by atoms with Crippen LogP contribution in [-0.2, 0) is 23.8 Å². The number of Topliss-reactive ketones (excluding diaryl/α,β-unsaturated/α-hetero) is 1. The van der Waals surface area contributed by atoms with E-state index in [-0.39, 0.29) is 18.4 Å². The first kappa shape index (κ1) is 24.4. The molecular formula is C18H35NO5S. The lowest BCUT2D eigenvalue weighted by Crippen LogP contribution is -2.35. The summed E-state index contributed by atoms with van der Waals surface area (Å²) in [5.74, 6) is 0.0689. The van der Waals surface area contributed by atoms with Crippen molar-refractivity contribution in [3.05, 3.63) is 0 Å². The Bertz CT molecular complexity index is 341. The topological polar surface area (TPSA) is 87.9 Å². The van der Waals surface area contributed by atoms with Crippen LogP contribution in [0, 0.1) is 0 Å². The van der Waals surface area contributed by atoms with Gasteiger partial charge in [0.05, 0.1) is 25.9 Å². The molecule has 0 fully saturated rings.